The van der Waals surface area contributed by atoms with Crippen molar-refractivity contribution in [2.24, 2.45) is 5.92 Å². The van der Waals surface area contributed by atoms with Gasteiger partial charge in [0.2, 0.25) is 10.0 Å². The SMILES string of the molecule is CCCCC(CC)CNC(=O)c1sccc1S(=O)(=O)N1CCSCC1. The van der Waals surface area contributed by atoms with Crippen LogP contribution in [-0.4, -0.2) is 49.8 Å². The van der Waals surface area contributed by atoms with Gasteiger partial charge in [-0.2, -0.15) is 16.1 Å². The summed E-state index contributed by atoms with van der Waals surface area (Å²) in [6.45, 7) is 5.92. The van der Waals surface area contributed by atoms with Crippen molar-refractivity contribution in [3.63, 3.8) is 0 Å². The third-order valence-electron chi connectivity index (χ3n) is 4.52. The molecule has 1 aromatic heterocycles. The van der Waals surface area contributed by atoms with Crippen molar-refractivity contribution in [3.05, 3.63) is 16.3 Å². The Balaban J connectivity index is 2.05. The van der Waals surface area contributed by atoms with Crippen LogP contribution < -0.4 is 5.32 Å². The van der Waals surface area contributed by atoms with Crippen molar-refractivity contribution in [1.29, 1.82) is 0 Å². The second-order valence-corrected chi connectivity index (χ2v) is 10.3. The van der Waals surface area contributed by atoms with Crippen LogP contribution in [0.1, 0.15) is 49.2 Å². The molecule has 5 nitrogen and oxygen atoms in total. The highest BCUT2D eigenvalue weighted by atomic mass is 32.2. The summed E-state index contributed by atoms with van der Waals surface area (Å²) >= 11 is 2.96. The Labute approximate surface area is 159 Å². The average Bonchev–Trinajstić information content (AvgIpc) is 3.13. The number of thiophene rings is 1. The van der Waals surface area contributed by atoms with Crippen molar-refractivity contribution in [3.8, 4) is 0 Å². The van der Waals surface area contributed by atoms with E-state index in [1.54, 1.807) is 23.2 Å². The number of nitrogens with zero attached hydrogens (tertiary/aromatic N) is 1. The molecule has 0 spiro atoms. The lowest BCUT2D eigenvalue weighted by atomic mass is 9.99. The van der Waals surface area contributed by atoms with Gasteiger partial charge in [0, 0.05) is 31.1 Å². The molecule has 1 aromatic rings. The molecule has 1 amide bonds. The molecule has 2 rings (SSSR count). The molecule has 2 heterocycles. The van der Waals surface area contributed by atoms with Crippen LogP contribution in [0.15, 0.2) is 16.3 Å². The van der Waals surface area contributed by atoms with Crippen molar-refractivity contribution in [2.45, 2.75) is 44.4 Å². The number of carbonyl (C=O) groups is 1. The van der Waals surface area contributed by atoms with Gasteiger partial charge in [-0.05, 0) is 23.8 Å². The first-order valence-electron chi connectivity index (χ1n) is 8.94. The van der Waals surface area contributed by atoms with Gasteiger partial charge in [0.05, 0.1) is 0 Å². The monoisotopic (exact) mass is 404 g/mol. The molecule has 1 aliphatic rings. The quantitative estimate of drug-likeness (QED) is 0.685. The first kappa shape index (κ1) is 20.7. The summed E-state index contributed by atoms with van der Waals surface area (Å²) in [7, 11) is -3.58. The molecule has 1 saturated heterocycles. The van der Waals surface area contributed by atoms with E-state index in [1.165, 1.54) is 15.6 Å². The Morgan fingerprint density at radius 3 is 2.68 bits per heavy atom. The third-order valence-corrected chi connectivity index (χ3v) is 8.44. The molecule has 0 aliphatic carbocycles. The second kappa shape index (κ2) is 9.94. The maximum atomic E-state index is 12.9. The van der Waals surface area contributed by atoms with E-state index < -0.39 is 10.0 Å². The van der Waals surface area contributed by atoms with Crippen molar-refractivity contribution >= 4 is 39.0 Å². The van der Waals surface area contributed by atoms with E-state index in [2.05, 4.69) is 19.2 Å². The molecule has 0 aromatic carbocycles. The third kappa shape index (κ3) is 5.45. The Morgan fingerprint density at radius 2 is 2.04 bits per heavy atom. The van der Waals surface area contributed by atoms with Crippen LogP contribution in [-0.2, 0) is 10.0 Å². The van der Waals surface area contributed by atoms with Crippen LogP contribution in [0.2, 0.25) is 0 Å². The molecule has 1 atom stereocenters. The van der Waals surface area contributed by atoms with E-state index in [0.717, 1.165) is 37.2 Å². The number of hydrogen-bond donors (Lipinski definition) is 1. The van der Waals surface area contributed by atoms with Gasteiger partial charge >= 0.3 is 0 Å². The Hall–Kier alpha value is -0.570. The van der Waals surface area contributed by atoms with E-state index in [1.807, 2.05) is 0 Å². The predicted octanol–water partition coefficient (Wildman–Crippen LogP) is 3.43. The minimum atomic E-state index is -3.58. The van der Waals surface area contributed by atoms with Crippen molar-refractivity contribution in [2.75, 3.05) is 31.1 Å². The van der Waals surface area contributed by atoms with Crippen molar-refractivity contribution < 1.29 is 13.2 Å². The van der Waals surface area contributed by atoms with Gasteiger partial charge in [-0.25, -0.2) is 8.42 Å². The number of hydrogen-bond acceptors (Lipinski definition) is 5. The van der Waals surface area contributed by atoms with Gasteiger partial charge in [-0.3, -0.25) is 4.79 Å². The van der Waals surface area contributed by atoms with E-state index >= 15 is 0 Å². The molecule has 1 unspecified atom stereocenters. The molecule has 1 aliphatic heterocycles. The van der Waals surface area contributed by atoms with E-state index in [-0.39, 0.29) is 10.8 Å². The molecule has 0 saturated carbocycles. The summed E-state index contributed by atoms with van der Waals surface area (Å²) in [5.74, 6) is 1.79. The Bertz CT molecular complexity index is 652. The topological polar surface area (TPSA) is 66.5 Å². The van der Waals surface area contributed by atoms with Crippen LogP contribution in [0, 0.1) is 5.92 Å². The molecule has 25 heavy (non-hydrogen) atoms. The maximum Gasteiger partial charge on any atom is 0.262 e. The molecule has 8 heteroatoms. The zero-order valence-corrected chi connectivity index (χ0v) is 17.4. The number of nitrogens with one attached hydrogen (secondary N) is 1. The number of unbranched alkanes of at least 4 members (excludes halogenated alkanes) is 1. The van der Waals surface area contributed by atoms with Crippen LogP contribution in [0.4, 0.5) is 0 Å². The smallest absolute Gasteiger partial charge is 0.262 e. The van der Waals surface area contributed by atoms with Crippen LogP contribution in [0.3, 0.4) is 0 Å². The van der Waals surface area contributed by atoms with Crippen LogP contribution >= 0.6 is 23.1 Å². The number of rotatable bonds is 9. The lowest BCUT2D eigenvalue weighted by Crippen LogP contribution is -2.38. The van der Waals surface area contributed by atoms with Crippen molar-refractivity contribution in [1.82, 2.24) is 9.62 Å². The van der Waals surface area contributed by atoms with Gasteiger partial charge < -0.3 is 5.32 Å². The Morgan fingerprint density at radius 1 is 1.32 bits per heavy atom. The molecule has 1 fully saturated rings. The number of thioether (sulfide) groups is 1. The number of sulfonamides is 1. The Kier molecular flexibility index (Phi) is 8.25. The highest BCUT2D eigenvalue weighted by Gasteiger charge is 2.31. The fourth-order valence-electron chi connectivity index (χ4n) is 2.85. The van der Waals surface area contributed by atoms with Crippen LogP contribution in [0.5, 0.6) is 0 Å². The first-order chi connectivity index (χ1) is 12.0. The maximum absolute atomic E-state index is 12.9. The van der Waals surface area contributed by atoms with Gasteiger partial charge in [0.1, 0.15) is 9.77 Å². The van der Waals surface area contributed by atoms with E-state index in [9.17, 15) is 13.2 Å². The van der Waals surface area contributed by atoms with Crippen LogP contribution in [0.25, 0.3) is 0 Å². The average molecular weight is 405 g/mol. The molecule has 0 bridgehead atoms. The van der Waals surface area contributed by atoms with Gasteiger partial charge in [0.25, 0.3) is 5.91 Å². The largest absolute Gasteiger partial charge is 0.351 e. The first-order valence-corrected chi connectivity index (χ1v) is 12.4. The summed E-state index contributed by atoms with van der Waals surface area (Å²) in [6, 6.07) is 1.56. The lowest BCUT2D eigenvalue weighted by Gasteiger charge is -2.25. The standard InChI is InChI=1S/C17H28N2O3S3/c1-3-5-6-14(4-2)13-18-17(20)16-15(7-10-24-16)25(21,22)19-8-11-23-12-9-19/h7,10,14H,3-6,8-9,11-13H2,1-2H3,(H,18,20). The fourth-order valence-corrected chi connectivity index (χ4v) is 6.75. The predicted molar refractivity (Wildman–Crippen MR) is 106 cm³/mol. The highest BCUT2D eigenvalue weighted by molar-refractivity contribution is 7.99. The normalized spacial score (nSPS) is 17.4. The number of amides is 1. The molecular weight excluding hydrogens is 376 g/mol. The zero-order chi connectivity index (χ0) is 18.3. The highest BCUT2D eigenvalue weighted by Crippen LogP contribution is 2.27. The summed E-state index contributed by atoms with van der Waals surface area (Å²) in [5.41, 5.74) is 0. The molecule has 1 N–H and O–H groups in total. The minimum absolute atomic E-state index is 0.156. The zero-order valence-electron chi connectivity index (χ0n) is 15.0. The second-order valence-electron chi connectivity index (χ2n) is 6.26. The van der Waals surface area contributed by atoms with E-state index in [0.29, 0.717) is 30.4 Å². The van der Waals surface area contributed by atoms with Gasteiger partial charge in [-0.15, -0.1) is 11.3 Å². The van der Waals surface area contributed by atoms with E-state index in [4.69, 9.17) is 0 Å². The minimum Gasteiger partial charge on any atom is -0.351 e. The molecular formula is C17H28N2O3S3. The summed E-state index contributed by atoms with van der Waals surface area (Å²) in [5, 5.41) is 4.63. The molecule has 142 valence electrons. The summed E-state index contributed by atoms with van der Waals surface area (Å²) in [4.78, 5) is 13.0. The van der Waals surface area contributed by atoms with Gasteiger partial charge in [0.15, 0.2) is 0 Å². The number of carbonyl (C=O) groups excluding carboxylic acids is 1. The molecule has 0 radical (unpaired) electrons. The van der Waals surface area contributed by atoms with Gasteiger partial charge in [-0.1, -0.05) is 33.1 Å². The summed E-state index contributed by atoms with van der Waals surface area (Å²) in [6.07, 6.45) is 4.40. The fraction of sp³-hybridized carbons (Fsp3) is 0.706. The lowest BCUT2D eigenvalue weighted by molar-refractivity contribution is 0.0946. The summed E-state index contributed by atoms with van der Waals surface area (Å²) < 4.78 is 27.2.